The van der Waals surface area contributed by atoms with Crippen molar-refractivity contribution in [3.8, 4) is 12.3 Å². The third kappa shape index (κ3) is 4.54. The number of amides is 1. The molecule has 0 aromatic carbocycles. The minimum absolute atomic E-state index is 0.0649. The summed E-state index contributed by atoms with van der Waals surface area (Å²) in [6, 6.07) is -0.345. The SMILES string of the molecule is C#CCC(CC)NC(=O)[C@@H](N)CC. The zero-order chi connectivity index (χ0) is 10.3. The van der Waals surface area contributed by atoms with Crippen LogP contribution in [-0.4, -0.2) is 18.0 Å². The second-order valence-corrected chi connectivity index (χ2v) is 3.04. The van der Waals surface area contributed by atoms with Crippen LogP contribution in [-0.2, 0) is 4.79 Å². The summed E-state index contributed by atoms with van der Waals surface area (Å²) in [6.45, 7) is 3.87. The summed E-state index contributed by atoms with van der Waals surface area (Å²) >= 11 is 0. The van der Waals surface area contributed by atoms with E-state index >= 15 is 0 Å². The minimum atomic E-state index is -0.410. The molecule has 0 aromatic heterocycles. The molecule has 3 nitrogen and oxygen atoms in total. The van der Waals surface area contributed by atoms with Gasteiger partial charge in [-0.2, -0.15) is 0 Å². The van der Waals surface area contributed by atoms with E-state index in [1.807, 2.05) is 13.8 Å². The number of nitrogens with one attached hydrogen (secondary N) is 1. The molecule has 0 aliphatic rings. The van der Waals surface area contributed by atoms with Crippen molar-refractivity contribution in [2.24, 2.45) is 5.73 Å². The highest BCUT2D eigenvalue weighted by Crippen LogP contribution is 1.97. The fourth-order valence-corrected chi connectivity index (χ4v) is 0.933. The maximum absolute atomic E-state index is 11.3. The Hall–Kier alpha value is -1.01. The van der Waals surface area contributed by atoms with Crippen LogP contribution in [0.15, 0.2) is 0 Å². The molecular formula is C10H18N2O. The van der Waals surface area contributed by atoms with Crippen LogP contribution in [0, 0.1) is 12.3 Å². The molecular weight excluding hydrogens is 164 g/mol. The molecule has 0 spiro atoms. The van der Waals surface area contributed by atoms with Gasteiger partial charge in [0.2, 0.25) is 5.91 Å². The van der Waals surface area contributed by atoms with E-state index in [-0.39, 0.29) is 11.9 Å². The van der Waals surface area contributed by atoms with E-state index in [0.29, 0.717) is 12.8 Å². The van der Waals surface area contributed by atoms with Crippen molar-refractivity contribution in [3.05, 3.63) is 0 Å². The molecule has 3 heteroatoms. The quantitative estimate of drug-likeness (QED) is 0.613. The number of nitrogens with two attached hydrogens (primary N) is 1. The average Bonchev–Trinajstić information content (AvgIpc) is 2.15. The average molecular weight is 182 g/mol. The molecule has 3 N–H and O–H groups in total. The molecule has 74 valence electrons. The number of rotatable bonds is 5. The van der Waals surface area contributed by atoms with Gasteiger partial charge in [-0.3, -0.25) is 4.79 Å². The summed E-state index contributed by atoms with van der Waals surface area (Å²) in [5.41, 5.74) is 5.55. The Morgan fingerprint density at radius 2 is 2.15 bits per heavy atom. The smallest absolute Gasteiger partial charge is 0.237 e. The topological polar surface area (TPSA) is 55.1 Å². The highest BCUT2D eigenvalue weighted by molar-refractivity contribution is 5.81. The van der Waals surface area contributed by atoms with E-state index in [1.165, 1.54) is 0 Å². The lowest BCUT2D eigenvalue weighted by atomic mass is 10.1. The zero-order valence-corrected chi connectivity index (χ0v) is 8.34. The Labute approximate surface area is 80.1 Å². The van der Waals surface area contributed by atoms with Gasteiger partial charge in [-0.1, -0.05) is 13.8 Å². The molecule has 0 saturated heterocycles. The summed E-state index contributed by atoms with van der Waals surface area (Å²) in [4.78, 5) is 11.3. The van der Waals surface area contributed by atoms with Crippen molar-refractivity contribution < 1.29 is 4.79 Å². The zero-order valence-electron chi connectivity index (χ0n) is 8.34. The molecule has 0 saturated carbocycles. The number of hydrogen-bond donors (Lipinski definition) is 2. The van der Waals surface area contributed by atoms with Gasteiger partial charge in [-0.15, -0.1) is 12.3 Å². The lowest BCUT2D eigenvalue weighted by Gasteiger charge is -2.16. The number of hydrogen-bond acceptors (Lipinski definition) is 2. The van der Waals surface area contributed by atoms with Crippen LogP contribution in [0.5, 0.6) is 0 Å². The fourth-order valence-electron chi connectivity index (χ4n) is 0.933. The van der Waals surface area contributed by atoms with Gasteiger partial charge in [-0.05, 0) is 12.8 Å². The lowest BCUT2D eigenvalue weighted by molar-refractivity contribution is -0.123. The van der Waals surface area contributed by atoms with Crippen molar-refractivity contribution >= 4 is 5.91 Å². The molecule has 0 aromatic rings. The van der Waals surface area contributed by atoms with Gasteiger partial charge >= 0.3 is 0 Å². The first-order valence-corrected chi connectivity index (χ1v) is 4.65. The molecule has 2 atom stereocenters. The molecule has 0 bridgehead atoms. The molecule has 13 heavy (non-hydrogen) atoms. The summed E-state index contributed by atoms with van der Waals surface area (Å²) in [5, 5.41) is 2.81. The van der Waals surface area contributed by atoms with Crippen molar-refractivity contribution in [2.45, 2.75) is 45.2 Å². The summed E-state index contributed by atoms with van der Waals surface area (Å²) in [7, 11) is 0. The van der Waals surface area contributed by atoms with Crippen LogP contribution in [0.2, 0.25) is 0 Å². The largest absolute Gasteiger partial charge is 0.351 e. The predicted octanol–water partition coefficient (Wildman–Crippen LogP) is 0.642. The van der Waals surface area contributed by atoms with Crippen LogP contribution >= 0.6 is 0 Å². The second-order valence-electron chi connectivity index (χ2n) is 3.04. The summed E-state index contributed by atoms with van der Waals surface area (Å²) in [6.07, 6.45) is 7.22. The first-order chi connectivity index (χ1) is 6.15. The molecule has 0 aliphatic heterocycles. The van der Waals surface area contributed by atoms with E-state index in [0.717, 1.165) is 6.42 Å². The molecule has 1 amide bonds. The Bertz CT molecular complexity index is 196. The van der Waals surface area contributed by atoms with Gasteiger partial charge < -0.3 is 11.1 Å². The number of carbonyl (C=O) groups excluding carboxylic acids is 1. The van der Waals surface area contributed by atoms with Gasteiger partial charge in [0.05, 0.1) is 6.04 Å². The van der Waals surface area contributed by atoms with Crippen molar-refractivity contribution in [3.63, 3.8) is 0 Å². The van der Waals surface area contributed by atoms with Crippen LogP contribution in [0.25, 0.3) is 0 Å². The first kappa shape index (κ1) is 12.0. The highest BCUT2D eigenvalue weighted by Gasteiger charge is 2.14. The fraction of sp³-hybridized carbons (Fsp3) is 0.700. The molecule has 0 fully saturated rings. The lowest BCUT2D eigenvalue weighted by Crippen LogP contribution is -2.44. The standard InChI is InChI=1S/C10H18N2O/c1-4-7-8(5-2)12-10(13)9(11)6-3/h1,8-9H,5-7,11H2,2-3H3,(H,12,13)/t8?,9-/m0/s1. The molecule has 0 radical (unpaired) electrons. The Morgan fingerprint density at radius 1 is 1.54 bits per heavy atom. The number of terminal acetylenes is 1. The number of carbonyl (C=O) groups is 1. The Kier molecular flexibility index (Phi) is 5.99. The highest BCUT2D eigenvalue weighted by atomic mass is 16.2. The third-order valence-corrected chi connectivity index (χ3v) is 1.98. The van der Waals surface area contributed by atoms with Gasteiger partial charge in [0.1, 0.15) is 0 Å². The first-order valence-electron chi connectivity index (χ1n) is 4.65. The summed E-state index contributed by atoms with van der Waals surface area (Å²) in [5.74, 6) is 2.42. The summed E-state index contributed by atoms with van der Waals surface area (Å²) < 4.78 is 0. The Balaban J connectivity index is 3.94. The van der Waals surface area contributed by atoms with Gasteiger partial charge in [0.15, 0.2) is 0 Å². The van der Waals surface area contributed by atoms with Crippen LogP contribution in [0.3, 0.4) is 0 Å². The third-order valence-electron chi connectivity index (χ3n) is 1.98. The van der Waals surface area contributed by atoms with Crippen LogP contribution in [0.1, 0.15) is 33.1 Å². The van der Waals surface area contributed by atoms with E-state index < -0.39 is 6.04 Å². The van der Waals surface area contributed by atoms with Crippen molar-refractivity contribution in [1.82, 2.24) is 5.32 Å². The maximum Gasteiger partial charge on any atom is 0.237 e. The van der Waals surface area contributed by atoms with Crippen molar-refractivity contribution in [2.75, 3.05) is 0 Å². The van der Waals surface area contributed by atoms with Gasteiger partial charge in [-0.25, -0.2) is 0 Å². The second kappa shape index (κ2) is 6.50. The Morgan fingerprint density at radius 3 is 2.54 bits per heavy atom. The van der Waals surface area contributed by atoms with E-state index in [2.05, 4.69) is 11.2 Å². The van der Waals surface area contributed by atoms with Crippen LogP contribution in [0.4, 0.5) is 0 Å². The molecule has 0 rings (SSSR count). The normalized spacial score (nSPS) is 14.3. The molecule has 0 heterocycles. The van der Waals surface area contributed by atoms with E-state index in [1.54, 1.807) is 0 Å². The van der Waals surface area contributed by atoms with Crippen molar-refractivity contribution in [1.29, 1.82) is 0 Å². The van der Waals surface area contributed by atoms with E-state index in [4.69, 9.17) is 12.2 Å². The van der Waals surface area contributed by atoms with Crippen LogP contribution < -0.4 is 11.1 Å². The van der Waals surface area contributed by atoms with Gasteiger partial charge in [0.25, 0.3) is 0 Å². The molecule has 0 aliphatic carbocycles. The predicted molar refractivity (Wildman–Crippen MR) is 53.9 cm³/mol. The maximum atomic E-state index is 11.3. The minimum Gasteiger partial charge on any atom is -0.351 e. The monoisotopic (exact) mass is 182 g/mol. The molecule has 1 unspecified atom stereocenters. The van der Waals surface area contributed by atoms with Gasteiger partial charge in [0, 0.05) is 12.5 Å². The van der Waals surface area contributed by atoms with E-state index in [9.17, 15) is 4.79 Å².